The van der Waals surface area contributed by atoms with Crippen LogP contribution in [-0.2, 0) is 0 Å². The third-order valence-corrected chi connectivity index (χ3v) is 3.21. The van der Waals surface area contributed by atoms with Crippen LogP contribution in [0.4, 0.5) is 5.82 Å². The summed E-state index contributed by atoms with van der Waals surface area (Å²) in [5, 5.41) is 4.07. The van der Waals surface area contributed by atoms with Gasteiger partial charge in [0.05, 0.1) is 6.20 Å². The average Bonchev–Trinajstić information content (AvgIpc) is 2.58. The lowest BCUT2D eigenvalue weighted by Crippen LogP contribution is -2.16. The van der Waals surface area contributed by atoms with Crippen molar-refractivity contribution in [3.05, 3.63) is 16.5 Å². The lowest BCUT2D eigenvalue weighted by atomic mass is 10.1. The van der Waals surface area contributed by atoms with Gasteiger partial charge in [-0.3, -0.25) is 0 Å². The van der Waals surface area contributed by atoms with Gasteiger partial charge in [-0.25, -0.2) is 4.98 Å². The molecule has 1 N–H and O–H groups in total. The minimum absolute atomic E-state index is 0.230. The van der Waals surface area contributed by atoms with Gasteiger partial charge in [0.1, 0.15) is 10.8 Å². The topological polar surface area (TPSA) is 37.8 Å². The van der Waals surface area contributed by atoms with Crippen molar-refractivity contribution in [3.8, 4) is 0 Å². The Morgan fingerprint density at radius 3 is 2.87 bits per heavy atom. The molecule has 15 heavy (non-hydrogen) atoms. The molecule has 5 heteroatoms. The van der Waals surface area contributed by atoms with Crippen molar-refractivity contribution in [2.75, 3.05) is 5.32 Å². The van der Waals surface area contributed by atoms with Crippen LogP contribution in [0.3, 0.4) is 0 Å². The predicted molar refractivity (Wildman–Crippen MR) is 62.5 cm³/mol. The number of halogens is 2. The summed E-state index contributed by atoms with van der Waals surface area (Å²) in [7, 11) is 0. The summed E-state index contributed by atoms with van der Waals surface area (Å²) in [5.74, 6) is 1.43. The minimum atomic E-state index is 0.230. The Labute approximate surface area is 99.2 Å². The van der Waals surface area contributed by atoms with Crippen LogP contribution in [0.5, 0.6) is 0 Å². The maximum Gasteiger partial charge on any atom is 0.224 e. The van der Waals surface area contributed by atoms with Crippen molar-refractivity contribution in [2.24, 2.45) is 5.92 Å². The number of aromatic nitrogens is 2. The number of hydrogen-bond acceptors (Lipinski definition) is 3. The fourth-order valence-electron chi connectivity index (χ4n) is 1.98. The molecule has 1 fully saturated rings. The molecule has 1 aliphatic rings. The lowest BCUT2D eigenvalue weighted by molar-refractivity contribution is 0.602. The van der Waals surface area contributed by atoms with Crippen molar-refractivity contribution in [1.29, 1.82) is 0 Å². The van der Waals surface area contributed by atoms with Gasteiger partial charge >= 0.3 is 0 Å². The molecule has 2 atom stereocenters. The molecular formula is C10H13Cl2N3. The molecule has 0 saturated heterocycles. The molecule has 0 aliphatic heterocycles. The fraction of sp³-hybridized carbons (Fsp3) is 0.600. The van der Waals surface area contributed by atoms with Crippen LogP contribution in [0.25, 0.3) is 0 Å². The zero-order chi connectivity index (χ0) is 10.8. The lowest BCUT2D eigenvalue weighted by Gasteiger charge is -2.13. The second-order valence-corrected chi connectivity index (χ2v) is 4.84. The molecule has 1 heterocycles. The first-order valence-corrected chi connectivity index (χ1v) is 5.85. The largest absolute Gasteiger partial charge is 0.366 e. The van der Waals surface area contributed by atoms with Gasteiger partial charge in [0, 0.05) is 6.04 Å². The van der Waals surface area contributed by atoms with Crippen molar-refractivity contribution < 1.29 is 0 Å². The molecule has 0 bridgehead atoms. The van der Waals surface area contributed by atoms with E-state index in [1.165, 1.54) is 19.0 Å². The smallest absolute Gasteiger partial charge is 0.224 e. The zero-order valence-electron chi connectivity index (χ0n) is 8.50. The van der Waals surface area contributed by atoms with Gasteiger partial charge in [0.25, 0.3) is 0 Å². The Morgan fingerprint density at radius 2 is 2.20 bits per heavy atom. The summed E-state index contributed by atoms with van der Waals surface area (Å²) < 4.78 is 0. The summed E-state index contributed by atoms with van der Waals surface area (Å²) in [6, 6.07) is 0.462. The second kappa shape index (κ2) is 4.54. The Hall–Kier alpha value is -0.540. The molecular weight excluding hydrogens is 233 g/mol. The molecule has 0 spiro atoms. The highest BCUT2D eigenvalue weighted by atomic mass is 35.5. The van der Waals surface area contributed by atoms with E-state index in [0.717, 1.165) is 12.3 Å². The maximum atomic E-state index is 5.96. The van der Waals surface area contributed by atoms with Crippen LogP contribution in [0.1, 0.15) is 26.2 Å². The molecule has 1 aromatic rings. The van der Waals surface area contributed by atoms with E-state index in [2.05, 4.69) is 22.2 Å². The zero-order valence-corrected chi connectivity index (χ0v) is 10.0. The highest BCUT2D eigenvalue weighted by Crippen LogP contribution is 2.29. The van der Waals surface area contributed by atoms with Crippen LogP contribution < -0.4 is 5.32 Å². The standard InChI is InChI=1S/C10H13Cl2N3/c1-6-2-3-7(4-6)14-9-8(11)5-13-10(12)15-9/h5-7H,2-4H2,1H3,(H,13,14,15). The van der Waals surface area contributed by atoms with Gasteiger partial charge in [0.15, 0.2) is 0 Å². The van der Waals surface area contributed by atoms with E-state index in [1.54, 1.807) is 0 Å². The summed E-state index contributed by atoms with van der Waals surface area (Å²) in [6.45, 7) is 2.26. The number of hydrogen-bond donors (Lipinski definition) is 1. The maximum absolute atomic E-state index is 5.96. The second-order valence-electron chi connectivity index (χ2n) is 4.10. The first-order chi connectivity index (χ1) is 7.15. The molecule has 1 aromatic heterocycles. The van der Waals surface area contributed by atoms with Crippen molar-refractivity contribution in [1.82, 2.24) is 9.97 Å². The third kappa shape index (κ3) is 2.73. The highest BCUT2D eigenvalue weighted by molar-refractivity contribution is 6.33. The first kappa shape index (κ1) is 11.0. The third-order valence-electron chi connectivity index (χ3n) is 2.75. The van der Waals surface area contributed by atoms with Gasteiger partial charge in [-0.2, -0.15) is 4.98 Å². The monoisotopic (exact) mass is 245 g/mol. The van der Waals surface area contributed by atoms with Crippen molar-refractivity contribution in [2.45, 2.75) is 32.2 Å². The minimum Gasteiger partial charge on any atom is -0.366 e. The molecule has 0 amide bonds. The molecule has 1 aliphatic carbocycles. The molecule has 2 unspecified atom stereocenters. The molecule has 2 rings (SSSR count). The summed E-state index contributed by atoms with van der Waals surface area (Å²) >= 11 is 11.7. The van der Waals surface area contributed by atoms with Gasteiger partial charge in [-0.15, -0.1) is 0 Å². The first-order valence-electron chi connectivity index (χ1n) is 5.09. The summed E-state index contributed by atoms with van der Waals surface area (Å²) in [5.41, 5.74) is 0. The Morgan fingerprint density at radius 1 is 1.40 bits per heavy atom. The Balaban J connectivity index is 2.07. The molecule has 82 valence electrons. The number of nitrogens with zero attached hydrogens (tertiary/aromatic N) is 2. The number of anilines is 1. The van der Waals surface area contributed by atoms with Crippen LogP contribution in [0.15, 0.2) is 6.20 Å². The molecule has 0 aromatic carbocycles. The van der Waals surface area contributed by atoms with Crippen molar-refractivity contribution >= 4 is 29.0 Å². The van der Waals surface area contributed by atoms with Crippen LogP contribution in [-0.4, -0.2) is 16.0 Å². The number of nitrogens with one attached hydrogen (secondary N) is 1. The van der Waals surface area contributed by atoms with Gasteiger partial charge in [-0.05, 0) is 36.8 Å². The molecule has 0 radical (unpaired) electrons. The fourth-order valence-corrected chi connectivity index (χ4v) is 2.26. The summed E-state index contributed by atoms with van der Waals surface area (Å²) in [4.78, 5) is 7.88. The van der Waals surface area contributed by atoms with Gasteiger partial charge in [-0.1, -0.05) is 18.5 Å². The Bertz CT molecular complexity index is 357. The Kier molecular flexibility index (Phi) is 3.32. The van der Waals surface area contributed by atoms with Crippen LogP contribution in [0.2, 0.25) is 10.3 Å². The van der Waals surface area contributed by atoms with Gasteiger partial charge < -0.3 is 5.32 Å². The van der Waals surface area contributed by atoms with E-state index in [9.17, 15) is 0 Å². The quantitative estimate of drug-likeness (QED) is 0.813. The number of rotatable bonds is 2. The highest BCUT2D eigenvalue weighted by Gasteiger charge is 2.22. The average molecular weight is 246 g/mol. The van der Waals surface area contributed by atoms with E-state index < -0.39 is 0 Å². The van der Waals surface area contributed by atoms with Gasteiger partial charge in [0.2, 0.25) is 5.28 Å². The van der Waals surface area contributed by atoms with E-state index >= 15 is 0 Å². The SMILES string of the molecule is CC1CCC(Nc2nc(Cl)ncc2Cl)C1. The van der Waals surface area contributed by atoms with E-state index in [1.807, 2.05) is 0 Å². The van der Waals surface area contributed by atoms with Crippen LogP contribution >= 0.6 is 23.2 Å². The van der Waals surface area contributed by atoms with E-state index in [4.69, 9.17) is 23.2 Å². The van der Waals surface area contributed by atoms with E-state index in [0.29, 0.717) is 16.9 Å². The summed E-state index contributed by atoms with van der Waals surface area (Å²) in [6.07, 6.45) is 5.11. The molecule has 1 saturated carbocycles. The molecule has 3 nitrogen and oxygen atoms in total. The predicted octanol–water partition coefficient (Wildman–Crippen LogP) is 3.38. The van der Waals surface area contributed by atoms with Crippen LogP contribution in [0, 0.1) is 5.92 Å². The normalized spacial score (nSPS) is 25.5. The van der Waals surface area contributed by atoms with Crippen molar-refractivity contribution in [3.63, 3.8) is 0 Å². The van der Waals surface area contributed by atoms with E-state index in [-0.39, 0.29) is 5.28 Å².